The van der Waals surface area contributed by atoms with E-state index in [-0.39, 0.29) is 19.6 Å². The van der Waals surface area contributed by atoms with Gasteiger partial charge in [0, 0.05) is 13.0 Å². The molecule has 0 radical (unpaired) electrons. The largest absolute Gasteiger partial charge is 0.457 e. The maximum Gasteiger partial charge on any atom is 0.397 e. The number of hydrogen-bond acceptors (Lipinski definition) is 11. The number of aliphatic hydroxyl groups is 3. The molecule has 0 spiro atoms. The van der Waals surface area contributed by atoms with Gasteiger partial charge in [0.2, 0.25) is 0 Å². The number of hydrogen-bond donors (Lipinski definition) is 4. The summed E-state index contributed by atoms with van der Waals surface area (Å²) in [7, 11) is -5.06. The van der Waals surface area contributed by atoms with Gasteiger partial charge in [-0.1, -0.05) is 197 Å². The molecule has 0 aliphatic carbocycles. The van der Waals surface area contributed by atoms with E-state index in [0.29, 0.717) is 13.0 Å². The van der Waals surface area contributed by atoms with Crippen molar-refractivity contribution in [2.75, 3.05) is 26.4 Å². The molecule has 12 nitrogen and oxygen atoms in total. The maximum absolute atomic E-state index is 12.9. The van der Waals surface area contributed by atoms with Crippen LogP contribution in [0.15, 0.2) is 48.6 Å². The zero-order chi connectivity index (χ0) is 46.8. The number of esters is 1. The molecule has 6 atom stereocenters. The highest BCUT2D eigenvalue weighted by atomic mass is 32.3. The van der Waals surface area contributed by atoms with Gasteiger partial charge in [0.1, 0.15) is 30.5 Å². The number of ether oxygens (including phenoxy) is 4. The molecule has 4 N–H and O–H groups in total. The Bertz CT molecular complexity index is 1300. The molecule has 374 valence electrons. The SMILES string of the molecule is CC/C=C\C/C=C\C/C=C\C/C=C\CCCCCCCCCCCCC(=O)OC(COCCCCCCCCCCCCCCCC)COC1OC(CO)C(O)C(OS(=O)(=O)O)C1O. The maximum atomic E-state index is 12.9. The minimum Gasteiger partial charge on any atom is -0.457 e. The van der Waals surface area contributed by atoms with Crippen LogP contribution in [0.5, 0.6) is 0 Å². The van der Waals surface area contributed by atoms with E-state index in [9.17, 15) is 33.1 Å². The van der Waals surface area contributed by atoms with Crippen molar-refractivity contribution in [3.05, 3.63) is 48.6 Å². The zero-order valence-electron chi connectivity index (χ0n) is 40.1. The number of rotatable bonds is 44. The van der Waals surface area contributed by atoms with Crippen LogP contribution in [0.1, 0.15) is 206 Å². The fourth-order valence-corrected chi connectivity index (χ4v) is 8.17. The quantitative estimate of drug-likeness (QED) is 0.0197. The number of carbonyl (C=O) groups excluding carboxylic acids is 1. The van der Waals surface area contributed by atoms with Crippen molar-refractivity contribution in [3.63, 3.8) is 0 Å². The summed E-state index contributed by atoms with van der Waals surface area (Å²) in [6.07, 6.45) is 42.8. The fraction of sp³-hybridized carbons (Fsp3) is 0.824. The van der Waals surface area contributed by atoms with E-state index in [4.69, 9.17) is 18.9 Å². The lowest BCUT2D eigenvalue weighted by Crippen LogP contribution is -2.60. The monoisotopic (exact) mass is 929 g/mol. The molecule has 0 aromatic rings. The average molecular weight is 929 g/mol. The van der Waals surface area contributed by atoms with Crippen molar-refractivity contribution in [3.8, 4) is 0 Å². The van der Waals surface area contributed by atoms with Gasteiger partial charge in [-0.05, 0) is 51.4 Å². The Morgan fingerprint density at radius 3 is 1.58 bits per heavy atom. The lowest BCUT2D eigenvalue weighted by atomic mass is 9.99. The predicted octanol–water partition coefficient (Wildman–Crippen LogP) is 11.5. The fourth-order valence-electron chi connectivity index (χ4n) is 7.66. The van der Waals surface area contributed by atoms with Gasteiger partial charge in [-0.15, -0.1) is 0 Å². The van der Waals surface area contributed by atoms with Crippen LogP contribution in [0.4, 0.5) is 0 Å². The first-order valence-electron chi connectivity index (χ1n) is 25.4. The molecular formula is C51H92O12S. The summed E-state index contributed by atoms with van der Waals surface area (Å²) >= 11 is 0. The minimum atomic E-state index is -5.06. The smallest absolute Gasteiger partial charge is 0.397 e. The molecule has 1 fully saturated rings. The first-order valence-corrected chi connectivity index (χ1v) is 26.8. The van der Waals surface area contributed by atoms with Gasteiger partial charge in [0.25, 0.3) is 0 Å². The Labute approximate surface area is 389 Å². The Hall–Kier alpha value is -1.94. The highest BCUT2D eigenvalue weighted by Gasteiger charge is 2.48. The molecule has 1 aliphatic heterocycles. The second kappa shape index (κ2) is 42.4. The van der Waals surface area contributed by atoms with Crippen molar-refractivity contribution >= 4 is 16.4 Å². The Balaban J connectivity index is 2.34. The van der Waals surface area contributed by atoms with Crippen LogP contribution in [0.2, 0.25) is 0 Å². The first kappa shape index (κ1) is 60.1. The van der Waals surface area contributed by atoms with Crippen molar-refractivity contribution in [1.82, 2.24) is 0 Å². The lowest BCUT2D eigenvalue weighted by molar-refractivity contribution is -0.301. The summed E-state index contributed by atoms with van der Waals surface area (Å²) in [6, 6.07) is 0. The summed E-state index contributed by atoms with van der Waals surface area (Å²) < 4.78 is 59.2. The molecular weight excluding hydrogens is 837 g/mol. The third kappa shape index (κ3) is 35.3. The molecule has 1 saturated heterocycles. The van der Waals surface area contributed by atoms with Crippen LogP contribution in [-0.2, 0) is 38.3 Å². The molecule has 0 aromatic heterocycles. The van der Waals surface area contributed by atoms with E-state index in [2.05, 4.69) is 66.6 Å². The number of unbranched alkanes of at least 4 members (excludes halogenated alkanes) is 23. The molecule has 6 unspecified atom stereocenters. The number of carbonyl (C=O) groups is 1. The van der Waals surface area contributed by atoms with Crippen LogP contribution in [0.3, 0.4) is 0 Å². The molecule has 1 aliphatic rings. The standard InChI is InChI=1S/C51H92O12S/c1-3-5-7-9-11-13-15-17-19-20-21-22-23-24-25-26-27-28-30-32-34-36-38-40-47(53)61-45(43-59-41-39-37-35-33-31-29-18-16-14-12-10-8-6-4-2)44-60-51-49(55)50(63-64(56,57)58)48(54)46(42-52)62-51/h5,7,11,13,17,19,21-22,45-46,48-52,54-55H,3-4,6,8-10,12,14-16,18,20,23-44H2,1-2H3,(H,56,57,58)/b7-5-,13-11-,19-17-,22-21-. The van der Waals surface area contributed by atoms with Gasteiger partial charge in [0.05, 0.1) is 19.8 Å². The van der Waals surface area contributed by atoms with E-state index in [0.717, 1.165) is 70.6 Å². The van der Waals surface area contributed by atoms with Gasteiger partial charge >= 0.3 is 16.4 Å². The summed E-state index contributed by atoms with van der Waals surface area (Å²) in [4.78, 5) is 12.9. The van der Waals surface area contributed by atoms with Crippen molar-refractivity contribution in [2.24, 2.45) is 0 Å². The second-order valence-corrected chi connectivity index (χ2v) is 18.4. The first-order chi connectivity index (χ1) is 31.1. The molecule has 64 heavy (non-hydrogen) atoms. The highest BCUT2D eigenvalue weighted by Crippen LogP contribution is 2.26. The van der Waals surface area contributed by atoms with Crippen LogP contribution in [0.25, 0.3) is 0 Å². The van der Waals surface area contributed by atoms with Crippen molar-refractivity contribution in [2.45, 2.75) is 243 Å². The number of allylic oxidation sites excluding steroid dienone is 8. The predicted molar refractivity (Wildman–Crippen MR) is 257 cm³/mol. The third-order valence-corrected chi connectivity index (χ3v) is 11.9. The Morgan fingerprint density at radius 2 is 1.08 bits per heavy atom. The minimum absolute atomic E-state index is 0.0361. The molecule has 1 heterocycles. The van der Waals surface area contributed by atoms with Gasteiger partial charge < -0.3 is 34.3 Å². The molecule has 13 heteroatoms. The number of aliphatic hydroxyl groups excluding tert-OH is 3. The van der Waals surface area contributed by atoms with Gasteiger partial charge in [0.15, 0.2) is 6.29 Å². The van der Waals surface area contributed by atoms with Gasteiger partial charge in [-0.25, -0.2) is 4.18 Å². The van der Waals surface area contributed by atoms with E-state index in [1.165, 1.54) is 109 Å². The Morgan fingerprint density at radius 1 is 0.609 bits per heavy atom. The van der Waals surface area contributed by atoms with Crippen molar-refractivity contribution in [1.29, 1.82) is 0 Å². The van der Waals surface area contributed by atoms with E-state index >= 15 is 0 Å². The van der Waals surface area contributed by atoms with E-state index in [1.807, 2.05) is 0 Å². The van der Waals surface area contributed by atoms with Crippen molar-refractivity contribution < 1.29 is 56.2 Å². The molecule has 0 saturated carbocycles. The highest BCUT2D eigenvalue weighted by molar-refractivity contribution is 7.80. The zero-order valence-corrected chi connectivity index (χ0v) is 40.9. The summed E-state index contributed by atoms with van der Waals surface area (Å²) in [5.41, 5.74) is 0. The van der Waals surface area contributed by atoms with Crippen LogP contribution >= 0.6 is 0 Å². The van der Waals surface area contributed by atoms with Gasteiger partial charge in [-0.3, -0.25) is 9.35 Å². The van der Waals surface area contributed by atoms with Crippen LogP contribution < -0.4 is 0 Å². The van der Waals surface area contributed by atoms with E-state index < -0.39 is 59.8 Å². The lowest BCUT2D eigenvalue weighted by Gasteiger charge is -2.41. The molecule has 0 bridgehead atoms. The molecule has 1 rings (SSSR count). The van der Waals surface area contributed by atoms with Gasteiger partial charge in [-0.2, -0.15) is 8.42 Å². The third-order valence-electron chi connectivity index (χ3n) is 11.5. The average Bonchev–Trinajstić information content (AvgIpc) is 3.27. The second-order valence-electron chi connectivity index (χ2n) is 17.4. The topological polar surface area (TPSA) is 178 Å². The Kier molecular flexibility index (Phi) is 39.8. The van der Waals surface area contributed by atoms with Crippen LogP contribution in [0, 0.1) is 0 Å². The summed E-state index contributed by atoms with van der Waals surface area (Å²) in [5.74, 6) is -0.402. The summed E-state index contributed by atoms with van der Waals surface area (Å²) in [5, 5.41) is 30.7. The van der Waals surface area contributed by atoms with Crippen LogP contribution in [-0.4, -0.2) is 97.5 Å². The normalized spacial score (nSPS) is 20.1. The molecule has 0 amide bonds. The summed E-state index contributed by atoms with van der Waals surface area (Å²) in [6.45, 7) is 3.90. The van der Waals surface area contributed by atoms with E-state index in [1.54, 1.807) is 0 Å². The molecule has 0 aromatic carbocycles.